The van der Waals surface area contributed by atoms with Crippen LogP contribution in [0, 0.1) is 11.2 Å². The lowest BCUT2D eigenvalue weighted by Crippen LogP contribution is -2.31. The first-order chi connectivity index (χ1) is 19.9. The summed E-state index contributed by atoms with van der Waals surface area (Å²) in [6.07, 6.45) is 7.65. The van der Waals surface area contributed by atoms with Crippen LogP contribution in [0.15, 0.2) is 48.9 Å². The summed E-state index contributed by atoms with van der Waals surface area (Å²) < 4.78 is 20.4. The number of nitrogens with zero attached hydrogens (tertiary/aromatic N) is 5. The van der Waals surface area contributed by atoms with E-state index in [0.29, 0.717) is 23.7 Å². The first-order valence-electron chi connectivity index (χ1n) is 14.3. The van der Waals surface area contributed by atoms with Crippen molar-refractivity contribution < 1.29 is 18.7 Å². The number of hydrogen-bond acceptors (Lipinski definition) is 7. The summed E-state index contributed by atoms with van der Waals surface area (Å²) in [5.74, 6) is 0.761. The molecule has 1 atom stereocenters. The van der Waals surface area contributed by atoms with E-state index >= 15 is 0 Å². The maximum Gasteiger partial charge on any atom is 0.257 e. The normalized spacial score (nSPS) is 21.8. The second kappa shape index (κ2) is 10.1. The Balaban J connectivity index is 1.05. The molecular formula is C31H33FN6O3. The standard InChI is InChI=1S/C31H33FN6O3/c1-36(23-5-6-23)30(40)24-14-22(32)4-7-26(24)41-27-15-33-19-34-29(27)38-11-9-31(18-38)8-10-37(17-31)16-20-2-3-21-13-28(39)35-25(21)12-20/h2-4,7,12,14-15,19,23H,5-6,8-11,13,16-18H2,1H3,(H,35,39). The Hall–Kier alpha value is -4.05. The lowest BCUT2D eigenvalue weighted by atomic mass is 9.86. The number of amides is 2. The van der Waals surface area contributed by atoms with Gasteiger partial charge in [-0.25, -0.2) is 14.4 Å². The largest absolute Gasteiger partial charge is 0.451 e. The molecule has 9 nitrogen and oxygen atoms in total. The Kier molecular flexibility index (Phi) is 6.37. The Bertz CT molecular complexity index is 1530. The van der Waals surface area contributed by atoms with Crippen molar-refractivity contribution in [3.8, 4) is 11.5 Å². The van der Waals surface area contributed by atoms with Gasteiger partial charge >= 0.3 is 0 Å². The Morgan fingerprint density at radius 1 is 1.15 bits per heavy atom. The predicted octanol–water partition coefficient (Wildman–Crippen LogP) is 4.24. The molecule has 4 heterocycles. The van der Waals surface area contributed by atoms with Crippen LogP contribution in [0.25, 0.3) is 0 Å². The number of halogens is 1. The van der Waals surface area contributed by atoms with Gasteiger partial charge in [-0.1, -0.05) is 12.1 Å². The summed E-state index contributed by atoms with van der Waals surface area (Å²) in [5, 5.41) is 2.96. The molecule has 3 aliphatic heterocycles. The van der Waals surface area contributed by atoms with Gasteiger partial charge in [0.1, 0.15) is 17.9 Å². The van der Waals surface area contributed by atoms with E-state index in [-0.39, 0.29) is 28.8 Å². The van der Waals surface area contributed by atoms with Crippen LogP contribution in [0.5, 0.6) is 11.5 Å². The van der Waals surface area contributed by atoms with Crippen molar-refractivity contribution in [2.45, 2.75) is 44.7 Å². The number of carbonyl (C=O) groups is 2. The molecule has 3 fully saturated rings. The van der Waals surface area contributed by atoms with Gasteiger partial charge in [0.15, 0.2) is 11.6 Å². The molecule has 7 rings (SSSR count). The summed E-state index contributed by atoms with van der Waals surface area (Å²) in [4.78, 5) is 40.0. The van der Waals surface area contributed by atoms with E-state index in [2.05, 4.69) is 43.3 Å². The Morgan fingerprint density at radius 3 is 2.85 bits per heavy atom. The topological polar surface area (TPSA) is 90.9 Å². The van der Waals surface area contributed by atoms with Crippen LogP contribution in [0.4, 0.5) is 15.9 Å². The molecule has 1 unspecified atom stereocenters. The molecular weight excluding hydrogens is 523 g/mol. The molecule has 41 heavy (non-hydrogen) atoms. The number of nitrogens with one attached hydrogen (secondary N) is 1. The van der Waals surface area contributed by atoms with Crippen LogP contribution in [-0.4, -0.2) is 70.9 Å². The van der Waals surface area contributed by atoms with Crippen LogP contribution in [-0.2, 0) is 17.8 Å². The highest BCUT2D eigenvalue weighted by atomic mass is 19.1. The predicted molar refractivity (Wildman–Crippen MR) is 152 cm³/mol. The number of carbonyl (C=O) groups excluding carboxylic acids is 2. The zero-order valence-corrected chi connectivity index (χ0v) is 23.1. The number of aromatic nitrogens is 2. The molecule has 2 amide bonds. The van der Waals surface area contributed by atoms with E-state index in [4.69, 9.17) is 4.74 Å². The number of likely N-dealkylation sites (tertiary alicyclic amines) is 1. The van der Waals surface area contributed by atoms with E-state index in [1.807, 2.05) is 0 Å². The van der Waals surface area contributed by atoms with Gasteiger partial charge < -0.3 is 19.9 Å². The summed E-state index contributed by atoms with van der Waals surface area (Å²) in [6, 6.07) is 10.5. The molecule has 1 spiro atoms. The fourth-order valence-corrected chi connectivity index (χ4v) is 6.54. The van der Waals surface area contributed by atoms with Gasteiger partial charge in [0.2, 0.25) is 5.91 Å². The van der Waals surface area contributed by atoms with Gasteiger partial charge in [-0.15, -0.1) is 0 Å². The highest BCUT2D eigenvalue weighted by molar-refractivity contribution is 5.99. The number of rotatable bonds is 7. The molecule has 4 aliphatic rings. The van der Waals surface area contributed by atoms with Crippen molar-refractivity contribution in [2.75, 3.05) is 43.4 Å². The summed E-state index contributed by atoms with van der Waals surface area (Å²) in [5.41, 5.74) is 3.57. The Morgan fingerprint density at radius 2 is 2.00 bits per heavy atom. The summed E-state index contributed by atoms with van der Waals surface area (Å²) in [7, 11) is 1.75. The minimum Gasteiger partial charge on any atom is -0.451 e. The Labute approximate surface area is 238 Å². The lowest BCUT2D eigenvalue weighted by molar-refractivity contribution is -0.115. The quantitative estimate of drug-likeness (QED) is 0.466. The van der Waals surface area contributed by atoms with E-state index in [0.717, 1.165) is 69.7 Å². The molecule has 1 aliphatic carbocycles. The molecule has 1 saturated carbocycles. The molecule has 1 aromatic heterocycles. The van der Waals surface area contributed by atoms with E-state index in [1.54, 1.807) is 18.1 Å². The highest BCUT2D eigenvalue weighted by Crippen LogP contribution is 2.44. The molecule has 2 aromatic carbocycles. The molecule has 2 saturated heterocycles. The third-order valence-corrected chi connectivity index (χ3v) is 8.93. The lowest BCUT2D eigenvalue weighted by Gasteiger charge is -2.26. The fourth-order valence-electron chi connectivity index (χ4n) is 6.54. The van der Waals surface area contributed by atoms with E-state index in [1.165, 1.54) is 30.1 Å². The van der Waals surface area contributed by atoms with Crippen molar-refractivity contribution in [1.82, 2.24) is 19.8 Å². The maximum absolute atomic E-state index is 14.2. The average Bonchev–Trinajstić information content (AvgIpc) is 3.47. The van der Waals surface area contributed by atoms with Crippen molar-refractivity contribution in [3.05, 3.63) is 71.4 Å². The van der Waals surface area contributed by atoms with Crippen LogP contribution < -0.4 is 15.0 Å². The van der Waals surface area contributed by atoms with Crippen molar-refractivity contribution in [2.24, 2.45) is 5.41 Å². The van der Waals surface area contributed by atoms with Gasteiger partial charge in [0.05, 0.1) is 18.2 Å². The van der Waals surface area contributed by atoms with Crippen molar-refractivity contribution >= 4 is 23.3 Å². The second-order valence-electron chi connectivity index (χ2n) is 11.9. The highest BCUT2D eigenvalue weighted by Gasteiger charge is 2.44. The fraction of sp³-hybridized carbons (Fsp3) is 0.419. The van der Waals surface area contributed by atoms with Crippen LogP contribution >= 0.6 is 0 Å². The van der Waals surface area contributed by atoms with Crippen LogP contribution in [0.2, 0.25) is 0 Å². The molecule has 3 aromatic rings. The van der Waals surface area contributed by atoms with Crippen LogP contribution in [0.1, 0.15) is 47.2 Å². The first-order valence-corrected chi connectivity index (χ1v) is 14.3. The number of benzene rings is 2. The van der Waals surface area contributed by atoms with Gasteiger partial charge in [-0.2, -0.15) is 0 Å². The smallest absolute Gasteiger partial charge is 0.257 e. The third kappa shape index (κ3) is 5.12. The van der Waals surface area contributed by atoms with Gasteiger partial charge in [-0.3, -0.25) is 14.5 Å². The number of fused-ring (bicyclic) bond motifs is 1. The first kappa shape index (κ1) is 25.9. The average molecular weight is 557 g/mol. The minimum atomic E-state index is -0.480. The zero-order valence-electron chi connectivity index (χ0n) is 23.1. The monoisotopic (exact) mass is 556 g/mol. The van der Waals surface area contributed by atoms with Crippen LogP contribution in [0.3, 0.4) is 0 Å². The summed E-state index contributed by atoms with van der Waals surface area (Å²) in [6.45, 7) is 4.53. The summed E-state index contributed by atoms with van der Waals surface area (Å²) >= 11 is 0. The second-order valence-corrected chi connectivity index (χ2v) is 11.9. The number of anilines is 2. The molecule has 0 bridgehead atoms. The van der Waals surface area contributed by atoms with Crippen molar-refractivity contribution in [1.29, 1.82) is 0 Å². The number of hydrogen-bond donors (Lipinski definition) is 1. The van der Waals surface area contributed by atoms with E-state index in [9.17, 15) is 14.0 Å². The molecule has 1 N–H and O–H groups in total. The van der Waals surface area contributed by atoms with E-state index < -0.39 is 5.82 Å². The van der Waals surface area contributed by atoms with Gasteiger partial charge in [0, 0.05) is 50.4 Å². The van der Waals surface area contributed by atoms with Gasteiger partial charge in [0.25, 0.3) is 5.91 Å². The minimum absolute atomic E-state index is 0.0595. The zero-order chi connectivity index (χ0) is 28.1. The third-order valence-electron chi connectivity index (χ3n) is 8.93. The van der Waals surface area contributed by atoms with Gasteiger partial charge in [-0.05, 0) is 67.6 Å². The molecule has 0 radical (unpaired) electrons. The number of ether oxygens (including phenoxy) is 1. The molecule has 10 heteroatoms. The SMILES string of the molecule is CN(C(=O)c1cc(F)ccc1Oc1cncnc1N1CCC2(CCN(Cc3ccc4c(c3)NC(=O)C4)C2)C1)C1CC1. The molecule has 212 valence electrons. The maximum atomic E-state index is 14.2. The van der Waals surface area contributed by atoms with Crippen molar-refractivity contribution in [3.63, 3.8) is 0 Å².